The molecule has 4 aromatic heterocycles. The molecule has 0 aliphatic rings. The molecule has 0 saturated carbocycles. The molecule has 0 atom stereocenters. The molecular weight excluding hydrogens is 625 g/mol. The molecule has 0 unspecified atom stereocenters. The SMILES string of the molecule is c1cc(-c2cnc(-c3cccc4c3sc3ccccc34)nc2)c2ccc(-c3cnc(-c4cccc5c4sc4ccccc45)nc3)cc2c1. The smallest absolute Gasteiger partial charge is 0.160 e. The van der Waals surface area contributed by atoms with Gasteiger partial charge in [0.25, 0.3) is 0 Å². The molecule has 4 heterocycles. The van der Waals surface area contributed by atoms with Crippen LogP contribution in [-0.4, -0.2) is 19.9 Å². The third kappa shape index (κ3) is 4.34. The Labute approximate surface area is 283 Å². The van der Waals surface area contributed by atoms with E-state index in [1.54, 1.807) is 22.7 Å². The molecule has 0 radical (unpaired) electrons. The average molecular weight is 649 g/mol. The maximum Gasteiger partial charge on any atom is 0.160 e. The topological polar surface area (TPSA) is 51.6 Å². The summed E-state index contributed by atoms with van der Waals surface area (Å²) < 4.78 is 5.00. The van der Waals surface area contributed by atoms with Crippen molar-refractivity contribution in [2.75, 3.05) is 0 Å². The Balaban J connectivity index is 0.973. The molecule has 48 heavy (non-hydrogen) atoms. The molecule has 0 aliphatic heterocycles. The first-order chi connectivity index (χ1) is 23.8. The van der Waals surface area contributed by atoms with E-state index in [2.05, 4.69) is 121 Å². The van der Waals surface area contributed by atoms with Gasteiger partial charge >= 0.3 is 0 Å². The van der Waals surface area contributed by atoms with Gasteiger partial charge in [-0.3, -0.25) is 0 Å². The van der Waals surface area contributed by atoms with Gasteiger partial charge in [-0.25, -0.2) is 19.9 Å². The van der Waals surface area contributed by atoms with Gasteiger partial charge < -0.3 is 0 Å². The van der Waals surface area contributed by atoms with Gasteiger partial charge in [-0.1, -0.05) is 91.0 Å². The van der Waals surface area contributed by atoms with E-state index in [0.717, 1.165) is 55.8 Å². The van der Waals surface area contributed by atoms with E-state index in [1.807, 2.05) is 24.8 Å². The lowest BCUT2D eigenvalue weighted by Gasteiger charge is -2.10. The fourth-order valence-corrected chi connectivity index (χ4v) is 9.21. The predicted octanol–water partition coefficient (Wildman–Crippen LogP) is 11.8. The zero-order chi connectivity index (χ0) is 31.6. The van der Waals surface area contributed by atoms with Crippen LogP contribution in [0.2, 0.25) is 0 Å². The molecule has 0 saturated heterocycles. The number of nitrogens with zero attached hydrogens (tertiary/aromatic N) is 4. The molecule has 6 heteroatoms. The van der Waals surface area contributed by atoms with Crippen molar-refractivity contribution in [1.82, 2.24) is 19.9 Å². The second kappa shape index (κ2) is 10.9. The van der Waals surface area contributed by atoms with Crippen LogP contribution in [0.4, 0.5) is 0 Å². The monoisotopic (exact) mass is 648 g/mol. The lowest BCUT2D eigenvalue weighted by atomic mass is 9.97. The van der Waals surface area contributed by atoms with Gasteiger partial charge in [0.2, 0.25) is 0 Å². The van der Waals surface area contributed by atoms with Crippen molar-refractivity contribution < 1.29 is 0 Å². The summed E-state index contributed by atoms with van der Waals surface area (Å²) in [5.41, 5.74) is 6.29. The number of hydrogen-bond acceptors (Lipinski definition) is 6. The minimum atomic E-state index is 0.741. The van der Waals surface area contributed by atoms with Crippen molar-refractivity contribution in [1.29, 1.82) is 0 Å². The fourth-order valence-electron chi connectivity index (χ4n) is 6.78. The molecule has 10 rings (SSSR count). The molecular formula is C42H24N4S2. The Morgan fingerprint density at radius 2 is 0.854 bits per heavy atom. The summed E-state index contributed by atoms with van der Waals surface area (Å²) in [5, 5.41) is 7.34. The molecule has 0 aliphatic carbocycles. The first-order valence-electron chi connectivity index (χ1n) is 15.8. The molecule has 4 nitrogen and oxygen atoms in total. The highest BCUT2D eigenvalue weighted by molar-refractivity contribution is 7.26. The highest BCUT2D eigenvalue weighted by atomic mass is 32.1. The minimum Gasteiger partial charge on any atom is -0.236 e. The summed E-state index contributed by atoms with van der Waals surface area (Å²) in [7, 11) is 0. The molecule has 0 bridgehead atoms. The standard InChI is InChI=1S/C42H24N4S2/c1-3-16-37-31(9-1)33-12-6-14-35(39(33)47-37)41-43-21-27(22-44-41)25-18-19-30-26(20-25)8-5-11-29(30)28-23-45-42(46-24-28)36-15-7-13-34-32-10-2-4-17-38(32)48-40(34)36/h1-24H. The first kappa shape index (κ1) is 27.3. The second-order valence-corrected chi connectivity index (χ2v) is 14.0. The maximum atomic E-state index is 4.86. The van der Waals surface area contributed by atoms with Crippen LogP contribution < -0.4 is 0 Å². The van der Waals surface area contributed by atoms with Crippen molar-refractivity contribution in [2.45, 2.75) is 0 Å². The quantitative estimate of drug-likeness (QED) is 0.191. The Bertz CT molecular complexity index is 2830. The number of aromatic nitrogens is 4. The van der Waals surface area contributed by atoms with Gasteiger partial charge in [0.1, 0.15) is 0 Å². The number of fused-ring (bicyclic) bond motifs is 7. The van der Waals surface area contributed by atoms with Crippen molar-refractivity contribution in [3.05, 3.63) is 146 Å². The van der Waals surface area contributed by atoms with E-state index in [9.17, 15) is 0 Å². The lowest BCUT2D eigenvalue weighted by molar-refractivity contribution is 1.18. The van der Waals surface area contributed by atoms with E-state index >= 15 is 0 Å². The van der Waals surface area contributed by atoms with Crippen LogP contribution in [0.5, 0.6) is 0 Å². The number of hydrogen-bond donors (Lipinski definition) is 0. The highest BCUT2D eigenvalue weighted by Crippen LogP contribution is 2.41. The Kier molecular flexibility index (Phi) is 6.19. The van der Waals surface area contributed by atoms with Crippen LogP contribution in [-0.2, 0) is 0 Å². The molecule has 224 valence electrons. The van der Waals surface area contributed by atoms with Gasteiger partial charge in [-0.05, 0) is 52.2 Å². The Hall–Kier alpha value is -5.82. The van der Waals surface area contributed by atoms with Gasteiger partial charge in [0, 0.05) is 87.4 Å². The molecule has 0 spiro atoms. The Morgan fingerprint density at radius 1 is 0.354 bits per heavy atom. The molecule has 0 N–H and O–H groups in total. The second-order valence-electron chi connectivity index (χ2n) is 11.9. The van der Waals surface area contributed by atoms with Crippen LogP contribution in [0.3, 0.4) is 0 Å². The maximum absolute atomic E-state index is 4.86. The van der Waals surface area contributed by atoms with Gasteiger partial charge in [0.15, 0.2) is 11.6 Å². The van der Waals surface area contributed by atoms with E-state index in [0.29, 0.717) is 0 Å². The predicted molar refractivity (Wildman–Crippen MR) is 203 cm³/mol. The normalized spacial score (nSPS) is 11.8. The van der Waals surface area contributed by atoms with Gasteiger partial charge in [0.05, 0.1) is 0 Å². The van der Waals surface area contributed by atoms with Crippen LogP contribution in [0.1, 0.15) is 0 Å². The number of thiophene rings is 2. The van der Waals surface area contributed by atoms with Crippen LogP contribution in [0.25, 0.3) is 96.1 Å². The number of benzene rings is 6. The molecule has 6 aromatic carbocycles. The van der Waals surface area contributed by atoms with Crippen molar-refractivity contribution in [3.63, 3.8) is 0 Å². The van der Waals surface area contributed by atoms with Crippen molar-refractivity contribution >= 4 is 73.8 Å². The van der Waals surface area contributed by atoms with E-state index in [4.69, 9.17) is 19.9 Å². The first-order valence-corrected chi connectivity index (χ1v) is 17.4. The van der Waals surface area contributed by atoms with E-state index < -0.39 is 0 Å². The Morgan fingerprint density at radius 3 is 1.46 bits per heavy atom. The zero-order valence-electron chi connectivity index (χ0n) is 25.5. The summed E-state index contributed by atoms with van der Waals surface area (Å²) >= 11 is 3.59. The fraction of sp³-hybridized carbons (Fsp3) is 0. The summed E-state index contributed by atoms with van der Waals surface area (Å²) in [6.45, 7) is 0. The summed E-state index contributed by atoms with van der Waals surface area (Å²) in [6, 6.07) is 42.8. The van der Waals surface area contributed by atoms with Crippen LogP contribution >= 0.6 is 22.7 Å². The van der Waals surface area contributed by atoms with Crippen LogP contribution in [0, 0.1) is 0 Å². The zero-order valence-corrected chi connectivity index (χ0v) is 27.1. The van der Waals surface area contributed by atoms with E-state index in [-0.39, 0.29) is 0 Å². The van der Waals surface area contributed by atoms with E-state index in [1.165, 1.54) is 40.3 Å². The van der Waals surface area contributed by atoms with Crippen molar-refractivity contribution in [3.8, 4) is 45.0 Å². The summed E-state index contributed by atoms with van der Waals surface area (Å²) in [5.74, 6) is 1.48. The van der Waals surface area contributed by atoms with Crippen molar-refractivity contribution in [2.24, 2.45) is 0 Å². The highest BCUT2D eigenvalue weighted by Gasteiger charge is 2.15. The molecule has 0 fully saturated rings. The lowest BCUT2D eigenvalue weighted by Crippen LogP contribution is -1.92. The third-order valence-corrected chi connectivity index (χ3v) is 11.6. The van der Waals surface area contributed by atoms with Gasteiger partial charge in [-0.2, -0.15) is 0 Å². The third-order valence-electron chi connectivity index (χ3n) is 9.12. The average Bonchev–Trinajstić information content (AvgIpc) is 3.73. The number of rotatable bonds is 4. The largest absolute Gasteiger partial charge is 0.236 e. The van der Waals surface area contributed by atoms with Crippen LogP contribution in [0.15, 0.2) is 146 Å². The van der Waals surface area contributed by atoms with Gasteiger partial charge in [-0.15, -0.1) is 22.7 Å². The molecule has 10 aromatic rings. The minimum absolute atomic E-state index is 0.741. The molecule has 0 amide bonds. The summed E-state index contributed by atoms with van der Waals surface area (Å²) in [6.07, 6.45) is 7.76. The summed E-state index contributed by atoms with van der Waals surface area (Å²) in [4.78, 5) is 19.4.